The van der Waals surface area contributed by atoms with Crippen molar-refractivity contribution in [1.82, 2.24) is 0 Å². The van der Waals surface area contributed by atoms with Crippen LogP contribution in [0.5, 0.6) is 0 Å². The van der Waals surface area contributed by atoms with Crippen LogP contribution in [0.1, 0.15) is 11.1 Å². The van der Waals surface area contributed by atoms with E-state index in [1.165, 1.54) is 6.07 Å². The van der Waals surface area contributed by atoms with Crippen LogP contribution >= 0.6 is 0 Å². The summed E-state index contributed by atoms with van der Waals surface area (Å²) in [7, 11) is 0. The normalized spacial score (nSPS) is 9.87. The van der Waals surface area contributed by atoms with Gasteiger partial charge < -0.3 is 0 Å². The number of halogens is 1. The topological polar surface area (TPSA) is 47.6 Å². The highest BCUT2D eigenvalue weighted by Gasteiger charge is 2.20. The first-order chi connectivity index (χ1) is 11.3. The van der Waals surface area contributed by atoms with Gasteiger partial charge in [-0.05, 0) is 22.8 Å². The van der Waals surface area contributed by atoms with E-state index >= 15 is 0 Å². The summed E-state index contributed by atoms with van der Waals surface area (Å²) in [4.78, 5) is 0. The Hall–Kier alpha value is -3.43. The van der Waals surface area contributed by atoms with Gasteiger partial charge in [-0.3, -0.25) is 0 Å². The van der Waals surface area contributed by atoms with E-state index in [-0.39, 0.29) is 11.1 Å². The van der Waals surface area contributed by atoms with Gasteiger partial charge in [0.05, 0.1) is 11.1 Å². The Labute approximate surface area is 133 Å². The minimum absolute atomic E-state index is 0.103. The highest BCUT2D eigenvalue weighted by molar-refractivity contribution is 5.88. The molecule has 108 valence electrons. The summed E-state index contributed by atoms with van der Waals surface area (Å²) in [5, 5.41) is 18.6. The summed E-state index contributed by atoms with van der Waals surface area (Å²) < 4.78 is 14.5. The van der Waals surface area contributed by atoms with E-state index in [9.17, 15) is 14.9 Å². The van der Waals surface area contributed by atoms with Crippen molar-refractivity contribution < 1.29 is 4.39 Å². The van der Waals surface area contributed by atoms with Gasteiger partial charge in [0.15, 0.2) is 5.82 Å². The monoisotopic (exact) mass is 298 g/mol. The van der Waals surface area contributed by atoms with Gasteiger partial charge in [-0.15, -0.1) is 0 Å². The molecule has 23 heavy (non-hydrogen) atoms. The van der Waals surface area contributed by atoms with Crippen LogP contribution in [0.25, 0.3) is 22.3 Å². The van der Waals surface area contributed by atoms with Crippen molar-refractivity contribution in [2.24, 2.45) is 0 Å². The summed E-state index contributed by atoms with van der Waals surface area (Å²) in [5.41, 5.74) is 2.53. The first kappa shape index (κ1) is 14.5. The molecule has 2 nitrogen and oxygen atoms in total. The van der Waals surface area contributed by atoms with Gasteiger partial charge in [-0.2, -0.15) is 10.5 Å². The molecule has 0 aliphatic heterocycles. The number of nitrogens with zero attached hydrogens (tertiary/aromatic N) is 2. The van der Waals surface area contributed by atoms with Crippen LogP contribution < -0.4 is 0 Å². The molecule has 3 aromatic carbocycles. The first-order valence-corrected chi connectivity index (χ1v) is 7.03. The lowest BCUT2D eigenvalue weighted by Crippen LogP contribution is -1.98. The van der Waals surface area contributed by atoms with Crippen LogP contribution in [0.4, 0.5) is 4.39 Å². The van der Waals surface area contributed by atoms with Crippen LogP contribution in [0, 0.1) is 28.5 Å². The van der Waals surface area contributed by atoms with Crippen LogP contribution in [-0.4, -0.2) is 0 Å². The Morgan fingerprint density at radius 3 is 1.83 bits per heavy atom. The van der Waals surface area contributed by atoms with E-state index in [2.05, 4.69) is 0 Å². The SMILES string of the molecule is N#Cc1cc(-c2ccccc2)c(-c2ccccc2)c(C#N)c1F. The average molecular weight is 298 g/mol. The maximum atomic E-state index is 14.5. The van der Waals surface area contributed by atoms with Crippen molar-refractivity contribution in [2.45, 2.75) is 0 Å². The number of hydrogen-bond donors (Lipinski definition) is 0. The van der Waals surface area contributed by atoms with Crippen LogP contribution in [0.3, 0.4) is 0 Å². The number of rotatable bonds is 2. The number of benzene rings is 3. The molecule has 0 bridgehead atoms. The summed E-state index contributed by atoms with van der Waals surface area (Å²) >= 11 is 0. The molecule has 0 saturated heterocycles. The molecular weight excluding hydrogens is 287 g/mol. The Morgan fingerprint density at radius 1 is 0.739 bits per heavy atom. The molecule has 0 heterocycles. The summed E-state index contributed by atoms with van der Waals surface area (Å²) in [6.45, 7) is 0. The predicted molar refractivity (Wildman–Crippen MR) is 86.7 cm³/mol. The maximum Gasteiger partial charge on any atom is 0.159 e. The van der Waals surface area contributed by atoms with Crippen molar-refractivity contribution in [3.63, 3.8) is 0 Å². The molecule has 0 aliphatic carbocycles. The van der Waals surface area contributed by atoms with Gasteiger partial charge in [0.2, 0.25) is 0 Å². The predicted octanol–water partition coefficient (Wildman–Crippen LogP) is 4.90. The van der Waals surface area contributed by atoms with Crippen molar-refractivity contribution in [1.29, 1.82) is 10.5 Å². The molecule has 0 N–H and O–H groups in total. The Kier molecular flexibility index (Phi) is 3.87. The summed E-state index contributed by atoms with van der Waals surface area (Å²) in [5.74, 6) is -0.770. The van der Waals surface area contributed by atoms with Crippen molar-refractivity contribution >= 4 is 0 Å². The van der Waals surface area contributed by atoms with Crippen LogP contribution in [0.15, 0.2) is 66.7 Å². The standard InChI is InChI=1S/C20H11FN2/c21-20-16(12-22)11-17(14-7-3-1-4-8-14)19(18(20)13-23)15-9-5-2-6-10-15/h1-11H. The fourth-order valence-corrected chi connectivity index (χ4v) is 2.60. The van der Waals surface area contributed by atoms with Gasteiger partial charge >= 0.3 is 0 Å². The minimum atomic E-state index is -0.770. The quantitative estimate of drug-likeness (QED) is 0.675. The Bertz CT molecular complexity index is 933. The first-order valence-electron chi connectivity index (χ1n) is 7.03. The Balaban J connectivity index is 2.43. The zero-order chi connectivity index (χ0) is 16.2. The van der Waals surface area contributed by atoms with E-state index in [0.717, 1.165) is 11.1 Å². The lowest BCUT2D eigenvalue weighted by molar-refractivity contribution is 0.621. The van der Waals surface area contributed by atoms with Gasteiger partial charge in [0.1, 0.15) is 12.1 Å². The molecule has 0 aliphatic rings. The van der Waals surface area contributed by atoms with E-state index < -0.39 is 5.82 Å². The number of nitriles is 2. The van der Waals surface area contributed by atoms with E-state index in [0.29, 0.717) is 11.1 Å². The Morgan fingerprint density at radius 2 is 1.30 bits per heavy atom. The third-order valence-electron chi connectivity index (χ3n) is 3.64. The van der Waals surface area contributed by atoms with Crippen molar-refractivity contribution in [3.05, 3.63) is 83.7 Å². The van der Waals surface area contributed by atoms with Gasteiger partial charge in [-0.1, -0.05) is 60.7 Å². The molecule has 0 amide bonds. The molecule has 0 radical (unpaired) electrons. The van der Waals surface area contributed by atoms with Gasteiger partial charge in [0, 0.05) is 5.56 Å². The molecule has 0 saturated carbocycles. The summed E-state index contributed by atoms with van der Waals surface area (Å²) in [6, 6.07) is 23.8. The van der Waals surface area contributed by atoms with Crippen LogP contribution in [-0.2, 0) is 0 Å². The van der Waals surface area contributed by atoms with Gasteiger partial charge in [-0.25, -0.2) is 4.39 Å². The van der Waals surface area contributed by atoms with E-state index in [4.69, 9.17) is 0 Å². The van der Waals surface area contributed by atoms with Crippen LogP contribution in [0.2, 0.25) is 0 Å². The molecule has 0 unspecified atom stereocenters. The van der Waals surface area contributed by atoms with Gasteiger partial charge in [0.25, 0.3) is 0 Å². The second kappa shape index (κ2) is 6.13. The molecule has 3 heteroatoms. The molecule has 0 atom stereocenters. The molecule has 3 rings (SSSR count). The lowest BCUT2D eigenvalue weighted by Gasteiger charge is -2.14. The van der Waals surface area contributed by atoms with E-state index in [1.807, 2.05) is 72.8 Å². The van der Waals surface area contributed by atoms with Crippen molar-refractivity contribution in [2.75, 3.05) is 0 Å². The third-order valence-corrected chi connectivity index (χ3v) is 3.64. The fraction of sp³-hybridized carbons (Fsp3) is 0. The van der Waals surface area contributed by atoms with Crippen molar-refractivity contribution in [3.8, 4) is 34.4 Å². The molecule has 3 aromatic rings. The largest absolute Gasteiger partial charge is 0.204 e. The second-order valence-electron chi connectivity index (χ2n) is 4.99. The zero-order valence-corrected chi connectivity index (χ0v) is 12.1. The smallest absolute Gasteiger partial charge is 0.159 e. The molecule has 0 fully saturated rings. The third kappa shape index (κ3) is 2.57. The average Bonchev–Trinajstić information content (AvgIpc) is 2.62. The highest BCUT2D eigenvalue weighted by Crippen LogP contribution is 2.37. The minimum Gasteiger partial charge on any atom is -0.204 e. The number of hydrogen-bond acceptors (Lipinski definition) is 2. The molecule has 0 spiro atoms. The fourth-order valence-electron chi connectivity index (χ4n) is 2.60. The highest BCUT2D eigenvalue weighted by atomic mass is 19.1. The van der Waals surface area contributed by atoms with E-state index in [1.54, 1.807) is 0 Å². The summed E-state index contributed by atoms with van der Waals surface area (Å²) in [6.07, 6.45) is 0. The maximum absolute atomic E-state index is 14.5. The molecule has 0 aromatic heterocycles. The second-order valence-corrected chi connectivity index (χ2v) is 4.99. The lowest BCUT2D eigenvalue weighted by atomic mass is 9.89. The molecular formula is C20H11FN2. The zero-order valence-electron chi connectivity index (χ0n) is 12.1.